The molecule has 3 aromatic rings. The summed E-state index contributed by atoms with van der Waals surface area (Å²) in [5, 5.41) is 11.6. The monoisotopic (exact) mass is 439 g/mol. The number of hydrogen-bond acceptors (Lipinski definition) is 4. The molecule has 0 aromatic heterocycles. The molecule has 0 amide bonds. The first kappa shape index (κ1) is 18.4. The van der Waals surface area contributed by atoms with Crippen molar-refractivity contribution in [2.75, 3.05) is 6.54 Å². The van der Waals surface area contributed by atoms with Crippen molar-refractivity contribution >= 4 is 25.4 Å². The summed E-state index contributed by atoms with van der Waals surface area (Å²) < 4.78 is 5.53. The van der Waals surface area contributed by atoms with Crippen molar-refractivity contribution in [2.45, 2.75) is 10.2 Å². The molecule has 0 fully saturated rings. The molecule has 0 saturated carbocycles. The van der Waals surface area contributed by atoms with Gasteiger partial charge in [0.2, 0.25) is 0 Å². The zero-order valence-corrected chi connectivity index (χ0v) is 16.6. The third-order valence-corrected chi connectivity index (χ3v) is 7.99. The molecule has 6 heteroatoms. The van der Waals surface area contributed by atoms with Crippen LogP contribution in [0.2, 0.25) is 0 Å². The SMILES string of the molecule is O=C1Oc2ccccc2[C@]1([Se]c1ccccc1)[C@@H](C[N+](=O)[O-])c1ccccc1. The van der Waals surface area contributed by atoms with Crippen LogP contribution in [0.1, 0.15) is 17.0 Å². The van der Waals surface area contributed by atoms with Gasteiger partial charge in [0.15, 0.2) is 0 Å². The molecule has 28 heavy (non-hydrogen) atoms. The van der Waals surface area contributed by atoms with E-state index in [4.69, 9.17) is 4.74 Å². The predicted molar refractivity (Wildman–Crippen MR) is 107 cm³/mol. The number of ether oxygens (including phenoxy) is 1. The van der Waals surface area contributed by atoms with Gasteiger partial charge in [0.1, 0.15) is 0 Å². The number of esters is 1. The van der Waals surface area contributed by atoms with E-state index < -0.39 is 31.2 Å². The van der Waals surface area contributed by atoms with E-state index in [0.29, 0.717) is 5.75 Å². The summed E-state index contributed by atoms with van der Waals surface area (Å²) in [6, 6.07) is 26.2. The predicted octanol–water partition coefficient (Wildman–Crippen LogP) is 2.89. The van der Waals surface area contributed by atoms with Crippen LogP contribution in [0.5, 0.6) is 5.75 Å². The number of fused-ring (bicyclic) bond motifs is 1. The average Bonchev–Trinajstić information content (AvgIpc) is 2.99. The number of hydrogen-bond donors (Lipinski definition) is 0. The molecule has 0 aliphatic carbocycles. The van der Waals surface area contributed by atoms with Crippen molar-refractivity contribution in [3.63, 3.8) is 0 Å². The molecule has 1 aliphatic rings. The van der Waals surface area contributed by atoms with Crippen LogP contribution in [0.4, 0.5) is 0 Å². The van der Waals surface area contributed by atoms with Crippen LogP contribution in [0, 0.1) is 10.1 Å². The fourth-order valence-electron chi connectivity index (χ4n) is 3.62. The Kier molecular flexibility index (Phi) is 4.99. The van der Waals surface area contributed by atoms with Crippen LogP contribution >= 0.6 is 0 Å². The molecule has 0 unspecified atom stereocenters. The minimum absolute atomic E-state index is 0.339. The Morgan fingerprint density at radius 3 is 2.21 bits per heavy atom. The summed E-state index contributed by atoms with van der Waals surface area (Å²) in [5.74, 6) is -0.539. The van der Waals surface area contributed by atoms with Gasteiger partial charge in [-0.25, -0.2) is 0 Å². The molecular formula is C22H17NO4Se. The molecule has 0 spiro atoms. The van der Waals surface area contributed by atoms with E-state index in [-0.39, 0.29) is 11.5 Å². The van der Waals surface area contributed by atoms with Crippen LogP contribution in [-0.2, 0) is 9.11 Å². The first-order valence-electron chi connectivity index (χ1n) is 8.84. The van der Waals surface area contributed by atoms with E-state index in [2.05, 4.69) is 0 Å². The van der Waals surface area contributed by atoms with Gasteiger partial charge >= 0.3 is 169 Å². The van der Waals surface area contributed by atoms with Gasteiger partial charge < -0.3 is 0 Å². The molecule has 2 atom stereocenters. The number of carbonyl (C=O) groups is 1. The van der Waals surface area contributed by atoms with Crippen molar-refractivity contribution in [1.82, 2.24) is 0 Å². The molecule has 4 rings (SSSR count). The maximum atomic E-state index is 13.3. The number of benzene rings is 3. The quantitative estimate of drug-likeness (QED) is 0.195. The summed E-state index contributed by atoms with van der Waals surface area (Å²) >= 11 is -0.408. The Hall–Kier alpha value is -2.95. The van der Waals surface area contributed by atoms with Crippen LogP contribution in [0.25, 0.3) is 0 Å². The van der Waals surface area contributed by atoms with Crippen molar-refractivity contribution in [3.05, 3.63) is 106 Å². The Balaban J connectivity index is 1.94. The second-order valence-corrected chi connectivity index (χ2v) is 9.28. The van der Waals surface area contributed by atoms with E-state index >= 15 is 0 Å². The number of carbonyl (C=O) groups excluding carboxylic acids is 1. The normalized spacial score (nSPS) is 18.9. The first-order chi connectivity index (χ1) is 13.6. The van der Waals surface area contributed by atoms with E-state index in [1.807, 2.05) is 78.9 Å². The van der Waals surface area contributed by atoms with Crippen LogP contribution in [-0.4, -0.2) is 32.4 Å². The zero-order valence-electron chi connectivity index (χ0n) is 14.9. The van der Waals surface area contributed by atoms with Gasteiger partial charge in [-0.2, -0.15) is 0 Å². The van der Waals surface area contributed by atoms with Gasteiger partial charge in [-0.15, -0.1) is 0 Å². The topological polar surface area (TPSA) is 69.4 Å². The van der Waals surface area contributed by atoms with Crippen LogP contribution in [0.3, 0.4) is 0 Å². The maximum absolute atomic E-state index is 13.3. The van der Waals surface area contributed by atoms with Gasteiger partial charge in [0.05, 0.1) is 0 Å². The Bertz CT molecular complexity index is 1010. The summed E-state index contributed by atoms with van der Waals surface area (Å²) in [7, 11) is 0. The van der Waals surface area contributed by atoms with Crippen LogP contribution < -0.4 is 9.20 Å². The second kappa shape index (κ2) is 7.58. The Labute approximate surface area is 168 Å². The minimum atomic E-state index is -1.10. The first-order valence-corrected chi connectivity index (χ1v) is 10.5. The third kappa shape index (κ3) is 3.21. The molecule has 0 N–H and O–H groups in total. The summed E-state index contributed by atoms with van der Waals surface area (Å²) in [5.41, 5.74) is 1.50. The summed E-state index contributed by atoms with van der Waals surface area (Å²) in [6.45, 7) is -0.345. The van der Waals surface area contributed by atoms with Gasteiger partial charge in [0.25, 0.3) is 0 Å². The van der Waals surface area contributed by atoms with Crippen molar-refractivity contribution < 1.29 is 14.5 Å². The van der Waals surface area contributed by atoms with Crippen LogP contribution in [0.15, 0.2) is 84.9 Å². The molecular weight excluding hydrogens is 421 g/mol. The molecule has 1 aliphatic heterocycles. The van der Waals surface area contributed by atoms with E-state index in [0.717, 1.165) is 15.6 Å². The number of rotatable bonds is 6. The van der Waals surface area contributed by atoms with Crippen molar-refractivity contribution in [2.24, 2.45) is 0 Å². The Morgan fingerprint density at radius 2 is 1.54 bits per heavy atom. The fraction of sp³-hybridized carbons (Fsp3) is 0.136. The van der Waals surface area contributed by atoms with E-state index in [1.54, 1.807) is 6.07 Å². The number of para-hydroxylation sites is 1. The van der Waals surface area contributed by atoms with Gasteiger partial charge in [-0.05, 0) is 0 Å². The molecule has 5 nitrogen and oxygen atoms in total. The van der Waals surface area contributed by atoms with Crippen molar-refractivity contribution in [1.29, 1.82) is 0 Å². The summed E-state index contributed by atoms with van der Waals surface area (Å²) in [6.07, 6.45) is 0. The van der Waals surface area contributed by atoms with Gasteiger partial charge in [-0.3, -0.25) is 0 Å². The fourth-order valence-corrected chi connectivity index (χ4v) is 6.61. The molecule has 140 valence electrons. The molecule has 0 radical (unpaired) electrons. The molecule has 0 bridgehead atoms. The van der Waals surface area contributed by atoms with E-state index in [1.165, 1.54) is 0 Å². The third-order valence-electron chi connectivity index (χ3n) is 4.84. The molecule has 3 aromatic carbocycles. The van der Waals surface area contributed by atoms with E-state index in [9.17, 15) is 14.9 Å². The summed E-state index contributed by atoms with van der Waals surface area (Å²) in [4.78, 5) is 24.6. The Morgan fingerprint density at radius 1 is 0.929 bits per heavy atom. The number of nitrogens with zero attached hydrogens (tertiary/aromatic N) is 1. The number of nitro groups is 1. The van der Waals surface area contributed by atoms with Gasteiger partial charge in [0, 0.05) is 0 Å². The average molecular weight is 438 g/mol. The van der Waals surface area contributed by atoms with Gasteiger partial charge in [-0.1, -0.05) is 0 Å². The molecule has 0 saturated heterocycles. The van der Waals surface area contributed by atoms with Crippen molar-refractivity contribution in [3.8, 4) is 5.75 Å². The second-order valence-electron chi connectivity index (χ2n) is 6.52. The molecule has 1 heterocycles. The zero-order chi connectivity index (χ0) is 19.6. The standard InChI is InChI=1S/C22H17NO4Se/c24-21-22(28-17-11-5-2-6-12-17,18-13-7-8-14-20(18)27-21)19(15-23(25)26)16-9-3-1-4-10-16/h1-14,19H,15H2/t19-,22-/m0/s1.